The Morgan fingerprint density at radius 3 is 1.84 bits per heavy atom. The quantitative estimate of drug-likeness (QED) is 0.168. The van der Waals surface area contributed by atoms with Crippen molar-refractivity contribution in [3.05, 3.63) is 206 Å². The van der Waals surface area contributed by atoms with E-state index in [1.54, 1.807) is 0 Å². The highest BCUT2D eigenvalue weighted by Crippen LogP contribution is 2.48. The van der Waals surface area contributed by atoms with Crippen LogP contribution < -0.4 is 4.90 Å². The third kappa shape index (κ3) is 5.12. The average Bonchev–Trinajstić information content (AvgIpc) is 3.97. The fourth-order valence-electron chi connectivity index (χ4n) is 8.94. The predicted molar refractivity (Wildman–Crippen MR) is 247 cm³/mol. The highest BCUT2D eigenvalue weighted by Gasteiger charge is 2.24. The molecule has 0 radical (unpaired) electrons. The lowest BCUT2D eigenvalue weighted by atomic mass is 9.99. The van der Waals surface area contributed by atoms with E-state index in [0.717, 1.165) is 61.3 Å². The summed E-state index contributed by atoms with van der Waals surface area (Å²) in [5.74, 6) is 0. The van der Waals surface area contributed by atoms with Gasteiger partial charge in [0.25, 0.3) is 0 Å². The van der Waals surface area contributed by atoms with Crippen LogP contribution in [0.25, 0.3) is 91.9 Å². The minimum absolute atomic E-state index is 0.870. The fraction of sp³-hybridized carbons (Fsp3) is 0. The van der Waals surface area contributed by atoms with Crippen molar-refractivity contribution < 1.29 is 4.42 Å². The van der Waals surface area contributed by atoms with Crippen molar-refractivity contribution in [2.75, 3.05) is 4.90 Å². The lowest BCUT2D eigenvalue weighted by Gasteiger charge is -2.27. The van der Waals surface area contributed by atoms with Crippen LogP contribution in [0.2, 0.25) is 0 Å². The molecule has 12 aromatic rings. The van der Waals surface area contributed by atoms with E-state index in [0.29, 0.717) is 0 Å². The molecule has 0 N–H and O–H groups in total. The van der Waals surface area contributed by atoms with Gasteiger partial charge in [0, 0.05) is 59.0 Å². The number of furan rings is 1. The van der Waals surface area contributed by atoms with Crippen molar-refractivity contribution in [3.8, 4) is 27.9 Å². The molecule has 0 aliphatic carbocycles. The molecule has 0 saturated heterocycles. The summed E-state index contributed by atoms with van der Waals surface area (Å²) in [6.45, 7) is 0. The summed E-state index contributed by atoms with van der Waals surface area (Å²) in [6, 6.07) is 74.4. The standard InChI is InChI=1S/C54H34N2OS/c1-4-14-35(15-5-1)37-24-30-51-45(32-37)46-33-39(26-31-52(46)58-51)55(40-25-27-43-42-20-10-12-22-47(42)56(49(43)34-40)38-18-8-3-9-19-38)48-29-28-41(36-16-6-2-7-17-36)54-53(48)44-21-11-13-23-50(44)57-54/h1-34H. The van der Waals surface area contributed by atoms with Crippen LogP contribution in [0.1, 0.15) is 0 Å². The minimum atomic E-state index is 0.870. The number of nitrogens with zero attached hydrogens (tertiary/aromatic N) is 2. The Balaban J connectivity index is 1.16. The molecular weight excluding hydrogens is 725 g/mol. The molecule has 3 aromatic heterocycles. The van der Waals surface area contributed by atoms with E-state index in [2.05, 4.69) is 216 Å². The second-order valence-electron chi connectivity index (χ2n) is 14.9. The number of benzene rings is 9. The summed E-state index contributed by atoms with van der Waals surface area (Å²) in [6.07, 6.45) is 0. The van der Waals surface area contributed by atoms with Gasteiger partial charge < -0.3 is 13.9 Å². The fourth-order valence-corrected chi connectivity index (χ4v) is 10.0. The van der Waals surface area contributed by atoms with E-state index in [1.807, 2.05) is 11.3 Å². The molecule has 0 amide bonds. The Morgan fingerprint density at radius 1 is 0.414 bits per heavy atom. The average molecular weight is 759 g/mol. The summed E-state index contributed by atoms with van der Waals surface area (Å²) < 4.78 is 11.8. The smallest absolute Gasteiger partial charge is 0.145 e. The Morgan fingerprint density at radius 2 is 1.03 bits per heavy atom. The molecule has 0 atom stereocenters. The largest absolute Gasteiger partial charge is 0.455 e. The van der Waals surface area contributed by atoms with Gasteiger partial charge in [-0.1, -0.05) is 127 Å². The molecule has 4 heteroatoms. The second kappa shape index (κ2) is 13.1. The van der Waals surface area contributed by atoms with Gasteiger partial charge in [-0.3, -0.25) is 0 Å². The SMILES string of the molecule is c1ccc(-c2ccc3sc4ccc(N(c5ccc6c7ccccc7n(-c7ccccc7)c6c5)c5ccc(-c6ccccc6)c6oc7ccccc7c56)cc4c3c2)cc1. The van der Waals surface area contributed by atoms with Gasteiger partial charge in [0.15, 0.2) is 0 Å². The maximum atomic E-state index is 6.83. The van der Waals surface area contributed by atoms with Gasteiger partial charge in [0.2, 0.25) is 0 Å². The molecule has 0 bridgehead atoms. The third-order valence-corrected chi connectivity index (χ3v) is 12.7. The van der Waals surface area contributed by atoms with E-state index in [-0.39, 0.29) is 0 Å². The van der Waals surface area contributed by atoms with Gasteiger partial charge >= 0.3 is 0 Å². The normalized spacial score (nSPS) is 11.8. The number of hydrogen-bond donors (Lipinski definition) is 0. The molecule has 3 nitrogen and oxygen atoms in total. The summed E-state index contributed by atoms with van der Waals surface area (Å²) in [5.41, 5.74) is 13.1. The zero-order valence-corrected chi connectivity index (χ0v) is 32.2. The first-order chi connectivity index (χ1) is 28.8. The molecule has 272 valence electrons. The summed E-state index contributed by atoms with van der Waals surface area (Å²) in [5, 5.41) is 7.13. The number of hydrogen-bond acceptors (Lipinski definition) is 3. The Bertz CT molecular complexity index is 3510. The molecule has 3 heterocycles. The van der Waals surface area contributed by atoms with Gasteiger partial charge in [0.1, 0.15) is 11.2 Å². The highest BCUT2D eigenvalue weighted by atomic mass is 32.1. The predicted octanol–water partition coefficient (Wildman–Crippen LogP) is 15.9. The van der Waals surface area contributed by atoms with Crippen molar-refractivity contribution in [1.82, 2.24) is 4.57 Å². The van der Waals surface area contributed by atoms with Gasteiger partial charge in [-0.15, -0.1) is 11.3 Å². The van der Waals surface area contributed by atoms with E-state index < -0.39 is 0 Å². The number of thiophene rings is 1. The number of aromatic nitrogens is 1. The van der Waals surface area contributed by atoms with Crippen molar-refractivity contribution in [1.29, 1.82) is 0 Å². The van der Waals surface area contributed by atoms with Crippen LogP contribution >= 0.6 is 11.3 Å². The van der Waals surface area contributed by atoms with Crippen molar-refractivity contribution >= 4 is 92.3 Å². The maximum absolute atomic E-state index is 6.83. The molecule has 0 unspecified atom stereocenters. The number of fused-ring (bicyclic) bond motifs is 9. The van der Waals surface area contributed by atoms with E-state index in [9.17, 15) is 0 Å². The van der Waals surface area contributed by atoms with Crippen LogP contribution in [0.5, 0.6) is 0 Å². The van der Waals surface area contributed by atoms with Gasteiger partial charge in [-0.2, -0.15) is 0 Å². The number of para-hydroxylation sites is 3. The first-order valence-corrected chi connectivity index (χ1v) is 20.5. The van der Waals surface area contributed by atoms with Crippen LogP contribution in [0.3, 0.4) is 0 Å². The van der Waals surface area contributed by atoms with Crippen LogP contribution in [0, 0.1) is 0 Å². The van der Waals surface area contributed by atoms with Gasteiger partial charge in [-0.05, 0) is 95.6 Å². The van der Waals surface area contributed by atoms with Gasteiger partial charge in [-0.25, -0.2) is 0 Å². The Kier molecular flexibility index (Phi) is 7.40. The lowest BCUT2D eigenvalue weighted by Crippen LogP contribution is -2.10. The number of anilines is 3. The minimum Gasteiger partial charge on any atom is -0.455 e. The number of rotatable bonds is 6. The van der Waals surface area contributed by atoms with Gasteiger partial charge in [0.05, 0.1) is 22.1 Å². The first-order valence-electron chi connectivity index (χ1n) is 19.7. The van der Waals surface area contributed by atoms with Crippen LogP contribution in [0.4, 0.5) is 17.1 Å². The highest BCUT2D eigenvalue weighted by molar-refractivity contribution is 7.25. The molecule has 0 aliphatic rings. The van der Waals surface area contributed by atoms with Crippen LogP contribution in [0.15, 0.2) is 211 Å². The summed E-state index contributed by atoms with van der Waals surface area (Å²) >= 11 is 1.85. The van der Waals surface area contributed by atoms with E-state index in [4.69, 9.17) is 4.42 Å². The topological polar surface area (TPSA) is 21.3 Å². The van der Waals surface area contributed by atoms with Crippen molar-refractivity contribution in [2.45, 2.75) is 0 Å². The third-order valence-electron chi connectivity index (χ3n) is 11.6. The Hall–Kier alpha value is -7.40. The van der Waals surface area contributed by atoms with Crippen molar-refractivity contribution in [3.63, 3.8) is 0 Å². The second-order valence-corrected chi connectivity index (χ2v) is 16.0. The zero-order chi connectivity index (χ0) is 38.2. The van der Waals surface area contributed by atoms with Crippen LogP contribution in [-0.2, 0) is 0 Å². The molecule has 0 aliphatic heterocycles. The maximum Gasteiger partial charge on any atom is 0.145 e. The summed E-state index contributed by atoms with van der Waals surface area (Å²) in [7, 11) is 0. The van der Waals surface area contributed by atoms with Crippen LogP contribution in [-0.4, -0.2) is 4.57 Å². The molecule has 12 rings (SSSR count). The molecular formula is C54H34N2OS. The van der Waals surface area contributed by atoms with E-state index >= 15 is 0 Å². The summed E-state index contributed by atoms with van der Waals surface area (Å²) in [4.78, 5) is 2.44. The molecule has 0 fully saturated rings. The molecule has 58 heavy (non-hydrogen) atoms. The molecule has 9 aromatic carbocycles. The van der Waals surface area contributed by atoms with E-state index in [1.165, 1.54) is 47.6 Å². The zero-order valence-electron chi connectivity index (χ0n) is 31.3. The lowest BCUT2D eigenvalue weighted by molar-refractivity contribution is 0.670. The van der Waals surface area contributed by atoms with Crippen molar-refractivity contribution in [2.24, 2.45) is 0 Å². The monoisotopic (exact) mass is 758 g/mol. The molecule has 0 spiro atoms. The first kappa shape index (κ1) is 32.8. The molecule has 0 saturated carbocycles. The Labute approximate surface area is 338 Å².